The molecule has 3 aromatic carbocycles. The smallest absolute Gasteiger partial charge is 0.408 e. The Bertz CT molecular complexity index is 1390. The second-order valence-corrected chi connectivity index (χ2v) is 13.2. The highest BCUT2D eigenvalue weighted by Gasteiger charge is 2.36. The lowest BCUT2D eigenvalue weighted by molar-refractivity contribution is -0.142. The molecule has 2 N–H and O–H groups in total. The number of rotatable bonds is 16. The Morgan fingerprint density at radius 1 is 0.804 bits per heavy atom. The Kier molecular flexibility index (Phi) is 14.3. The van der Waals surface area contributed by atoms with Gasteiger partial charge < -0.3 is 20.3 Å². The number of nitrogens with one attached hydrogen (secondary N) is 2. The van der Waals surface area contributed by atoms with E-state index in [1.807, 2.05) is 92.7 Å². The second kappa shape index (κ2) is 18.1. The average molecular weight is 628 g/mol. The van der Waals surface area contributed by atoms with Crippen LogP contribution in [0.25, 0.3) is 0 Å². The molecule has 0 spiro atoms. The number of ether oxygens (including phenoxy) is 1. The van der Waals surface area contributed by atoms with Crippen molar-refractivity contribution in [3.05, 3.63) is 107 Å². The van der Waals surface area contributed by atoms with Crippen LogP contribution in [0.3, 0.4) is 0 Å². The molecule has 0 aliphatic rings. The first-order chi connectivity index (χ1) is 22.0. The Morgan fingerprint density at radius 2 is 1.41 bits per heavy atom. The summed E-state index contributed by atoms with van der Waals surface area (Å²) in [5.74, 6) is -0.575. The number of hydrogen-bond acceptors (Lipinski definition) is 4. The second-order valence-electron chi connectivity index (χ2n) is 13.2. The molecule has 0 bridgehead atoms. The molecule has 0 heterocycles. The number of benzene rings is 3. The maximum absolute atomic E-state index is 14.8. The number of amides is 3. The van der Waals surface area contributed by atoms with Gasteiger partial charge in [0.15, 0.2) is 0 Å². The Balaban J connectivity index is 2.03. The predicted molar refractivity (Wildman–Crippen MR) is 185 cm³/mol. The maximum atomic E-state index is 14.8. The van der Waals surface area contributed by atoms with Gasteiger partial charge in [-0.25, -0.2) is 4.79 Å². The largest absolute Gasteiger partial charge is 0.444 e. The van der Waals surface area contributed by atoms with Crippen molar-refractivity contribution in [2.24, 2.45) is 0 Å². The van der Waals surface area contributed by atoms with E-state index in [4.69, 9.17) is 4.74 Å². The van der Waals surface area contributed by atoms with Gasteiger partial charge in [-0.15, -0.1) is 0 Å². The molecule has 0 aliphatic heterocycles. The van der Waals surface area contributed by atoms with Crippen molar-refractivity contribution in [1.82, 2.24) is 15.5 Å². The van der Waals surface area contributed by atoms with Gasteiger partial charge in [0.05, 0.1) is 0 Å². The third-order valence-electron chi connectivity index (χ3n) is 7.90. The predicted octanol–water partition coefficient (Wildman–Crippen LogP) is 7.99. The molecule has 0 aromatic heterocycles. The summed E-state index contributed by atoms with van der Waals surface area (Å²) in [4.78, 5) is 43.8. The quantitative estimate of drug-likeness (QED) is 0.158. The molecule has 2 atom stereocenters. The van der Waals surface area contributed by atoms with E-state index < -0.39 is 23.8 Å². The van der Waals surface area contributed by atoms with E-state index in [0.29, 0.717) is 13.1 Å². The first-order valence-electron chi connectivity index (χ1n) is 16.7. The molecule has 7 heteroatoms. The summed E-state index contributed by atoms with van der Waals surface area (Å²) < 4.78 is 5.58. The minimum Gasteiger partial charge on any atom is -0.444 e. The van der Waals surface area contributed by atoms with E-state index in [9.17, 15) is 14.4 Å². The number of aryl methyl sites for hydroxylation is 2. The highest BCUT2D eigenvalue weighted by molar-refractivity contribution is 5.92. The van der Waals surface area contributed by atoms with E-state index in [1.54, 1.807) is 25.7 Å². The summed E-state index contributed by atoms with van der Waals surface area (Å²) in [5.41, 5.74) is 3.91. The van der Waals surface area contributed by atoms with Crippen LogP contribution < -0.4 is 10.6 Å². The van der Waals surface area contributed by atoms with Gasteiger partial charge in [0.25, 0.3) is 0 Å². The van der Waals surface area contributed by atoms with Crippen LogP contribution in [-0.2, 0) is 27.3 Å². The molecule has 3 aromatic rings. The van der Waals surface area contributed by atoms with Crippen LogP contribution in [0.2, 0.25) is 0 Å². The number of alkyl carbamates (subject to hydrolysis) is 1. The topological polar surface area (TPSA) is 87.7 Å². The fraction of sp³-hybridized carbons (Fsp3) is 0.462. The van der Waals surface area contributed by atoms with Gasteiger partial charge in [-0.3, -0.25) is 9.59 Å². The summed E-state index contributed by atoms with van der Waals surface area (Å²) in [6.07, 6.45) is 5.81. The molecule has 248 valence electrons. The van der Waals surface area contributed by atoms with E-state index >= 15 is 0 Å². The number of hydrogen-bond donors (Lipinski definition) is 2. The molecule has 0 saturated heterocycles. The monoisotopic (exact) mass is 627 g/mol. The van der Waals surface area contributed by atoms with Crippen molar-refractivity contribution >= 4 is 17.9 Å². The van der Waals surface area contributed by atoms with Crippen molar-refractivity contribution in [1.29, 1.82) is 0 Å². The van der Waals surface area contributed by atoms with Crippen molar-refractivity contribution < 1.29 is 19.1 Å². The molecule has 3 amide bonds. The zero-order valence-electron chi connectivity index (χ0n) is 28.6. The highest BCUT2D eigenvalue weighted by atomic mass is 16.6. The molecular weight excluding hydrogens is 574 g/mol. The fourth-order valence-corrected chi connectivity index (χ4v) is 5.59. The standard InChI is InChI=1S/C39H53N3O4/c1-7-8-9-10-11-18-25-42(37(44)34(27-31-19-14-12-15-20-31)41-38(45)46-39(4,5)6)35(33-24-23-29(2)26-30(33)3)36(43)40-28-32-21-16-13-17-22-32/h12-17,19-24,26,34-35H,7-11,18,25,27-28H2,1-6H3,(H,40,43)(H,41,45). The van der Waals surface area contributed by atoms with Crippen LogP contribution in [0.4, 0.5) is 4.79 Å². The minimum absolute atomic E-state index is 0.258. The van der Waals surface area contributed by atoms with Crippen molar-refractivity contribution in [2.45, 2.75) is 111 Å². The molecule has 0 radical (unpaired) electrons. The molecule has 0 fully saturated rings. The van der Waals surface area contributed by atoms with Gasteiger partial charge in [-0.2, -0.15) is 0 Å². The van der Waals surface area contributed by atoms with Crippen LogP contribution in [-0.4, -0.2) is 41.0 Å². The lowest BCUT2D eigenvalue weighted by Gasteiger charge is -2.35. The van der Waals surface area contributed by atoms with Crippen molar-refractivity contribution in [3.8, 4) is 0 Å². The highest BCUT2D eigenvalue weighted by Crippen LogP contribution is 2.28. The Hall–Kier alpha value is -4.13. The summed E-state index contributed by atoms with van der Waals surface area (Å²) in [7, 11) is 0. The first kappa shape index (κ1) is 36.3. The number of unbranched alkanes of at least 4 members (excludes halogenated alkanes) is 5. The van der Waals surface area contributed by atoms with Crippen molar-refractivity contribution in [2.75, 3.05) is 6.54 Å². The van der Waals surface area contributed by atoms with Crippen LogP contribution in [0.1, 0.15) is 100 Å². The normalized spacial score (nSPS) is 12.6. The van der Waals surface area contributed by atoms with Gasteiger partial charge in [-0.05, 0) is 63.3 Å². The van der Waals surface area contributed by atoms with Gasteiger partial charge in [0.2, 0.25) is 11.8 Å². The Morgan fingerprint density at radius 3 is 2.02 bits per heavy atom. The average Bonchev–Trinajstić information content (AvgIpc) is 3.01. The van der Waals surface area contributed by atoms with E-state index in [1.165, 1.54) is 6.42 Å². The van der Waals surface area contributed by atoms with Crippen LogP contribution >= 0.6 is 0 Å². The van der Waals surface area contributed by atoms with E-state index in [2.05, 4.69) is 17.6 Å². The van der Waals surface area contributed by atoms with Gasteiger partial charge >= 0.3 is 6.09 Å². The fourth-order valence-electron chi connectivity index (χ4n) is 5.59. The van der Waals surface area contributed by atoms with Gasteiger partial charge in [0.1, 0.15) is 17.7 Å². The lowest BCUT2D eigenvalue weighted by Crippen LogP contribution is -2.54. The van der Waals surface area contributed by atoms with Crippen molar-refractivity contribution in [3.63, 3.8) is 0 Å². The lowest BCUT2D eigenvalue weighted by atomic mass is 9.95. The third kappa shape index (κ3) is 12.0. The summed E-state index contributed by atoms with van der Waals surface area (Å²) in [6, 6.07) is 23.5. The molecule has 46 heavy (non-hydrogen) atoms. The number of carbonyl (C=O) groups is 3. The summed E-state index contributed by atoms with van der Waals surface area (Å²) in [6.45, 7) is 12.3. The third-order valence-corrected chi connectivity index (χ3v) is 7.90. The zero-order chi connectivity index (χ0) is 33.5. The summed E-state index contributed by atoms with van der Waals surface area (Å²) >= 11 is 0. The van der Waals surface area contributed by atoms with Crippen LogP contribution in [0.15, 0.2) is 78.9 Å². The SMILES string of the molecule is CCCCCCCCN(C(=O)C(Cc1ccccc1)NC(=O)OC(C)(C)C)C(C(=O)NCc1ccccc1)c1ccc(C)cc1C. The molecule has 7 nitrogen and oxygen atoms in total. The molecule has 2 unspecified atom stereocenters. The van der Waals surface area contributed by atoms with Gasteiger partial charge in [-0.1, -0.05) is 123 Å². The van der Waals surface area contributed by atoms with Crippen LogP contribution in [0.5, 0.6) is 0 Å². The molecule has 0 aliphatic carbocycles. The Labute approximate surface area is 276 Å². The molecule has 0 saturated carbocycles. The molecule has 3 rings (SSSR count). The maximum Gasteiger partial charge on any atom is 0.408 e. The molecular formula is C39H53N3O4. The van der Waals surface area contributed by atoms with Gasteiger partial charge in [0, 0.05) is 19.5 Å². The summed E-state index contributed by atoms with van der Waals surface area (Å²) in [5, 5.41) is 5.97. The number of carbonyl (C=O) groups excluding carboxylic acids is 3. The first-order valence-corrected chi connectivity index (χ1v) is 16.7. The van der Waals surface area contributed by atoms with E-state index in [-0.39, 0.29) is 18.2 Å². The minimum atomic E-state index is -0.937. The number of nitrogens with zero attached hydrogens (tertiary/aromatic N) is 1. The van der Waals surface area contributed by atoms with Crippen LogP contribution in [0, 0.1) is 13.8 Å². The van der Waals surface area contributed by atoms with E-state index in [0.717, 1.165) is 59.9 Å². The zero-order valence-corrected chi connectivity index (χ0v) is 28.6.